The van der Waals surface area contributed by atoms with E-state index in [-0.39, 0.29) is 5.91 Å². The smallest absolute Gasteiger partial charge is 0.229 e. The number of halogens is 1. The lowest BCUT2D eigenvalue weighted by molar-refractivity contribution is -0.122. The Kier molecular flexibility index (Phi) is 1.96. The van der Waals surface area contributed by atoms with Gasteiger partial charge >= 0.3 is 0 Å². The summed E-state index contributed by atoms with van der Waals surface area (Å²) >= 11 is 5.95. The van der Waals surface area contributed by atoms with Gasteiger partial charge in [0.05, 0.1) is 5.02 Å². The Bertz CT molecular complexity index is 365. The number of carbonyl (C=O) groups is 1. The fraction of sp³-hybridized carbons (Fsp3) is 0.333. The molecule has 3 nitrogen and oxygen atoms in total. The maximum absolute atomic E-state index is 11.1. The highest BCUT2D eigenvalue weighted by Crippen LogP contribution is 2.27. The average Bonchev–Trinajstić information content (AvgIpc) is 2.07. The van der Waals surface area contributed by atoms with E-state index in [1.165, 1.54) is 0 Å². The van der Waals surface area contributed by atoms with Crippen molar-refractivity contribution >= 4 is 23.3 Å². The largest absolute Gasteiger partial charge is 0.295 e. The number of β-lactam (4-membered cyclic amide) rings is 1. The normalized spacial score (nSPS) is 15.8. The Hall–Kier alpha value is -1.09. The molecule has 2 rings (SSSR count). The molecule has 0 N–H and O–H groups in total. The predicted octanol–water partition coefficient (Wildman–Crippen LogP) is 1.78. The summed E-state index contributed by atoms with van der Waals surface area (Å²) in [4.78, 5) is 16.8. The molecule has 0 aliphatic carbocycles. The summed E-state index contributed by atoms with van der Waals surface area (Å²) in [7, 11) is 0. The van der Waals surface area contributed by atoms with Crippen molar-refractivity contribution in [3.63, 3.8) is 0 Å². The van der Waals surface area contributed by atoms with Crippen LogP contribution in [0.3, 0.4) is 0 Å². The number of carbonyl (C=O) groups excluding carboxylic acids is 1. The minimum absolute atomic E-state index is 0.0956. The number of amides is 1. The topological polar surface area (TPSA) is 33.2 Å². The van der Waals surface area contributed by atoms with Crippen LogP contribution < -0.4 is 4.90 Å². The van der Waals surface area contributed by atoms with E-state index in [0.29, 0.717) is 17.3 Å². The minimum Gasteiger partial charge on any atom is -0.295 e. The van der Waals surface area contributed by atoms with Crippen molar-refractivity contribution in [2.75, 3.05) is 11.4 Å². The van der Waals surface area contributed by atoms with E-state index in [9.17, 15) is 4.79 Å². The van der Waals surface area contributed by atoms with Gasteiger partial charge < -0.3 is 0 Å². The van der Waals surface area contributed by atoms with E-state index in [2.05, 4.69) is 4.98 Å². The first-order valence-corrected chi connectivity index (χ1v) is 4.49. The SMILES string of the molecule is Cc1cnc(N2CCC2=O)c(Cl)c1. The van der Waals surface area contributed by atoms with Crippen LogP contribution in [0.25, 0.3) is 0 Å². The van der Waals surface area contributed by atoms with Gasteiger partial charge in [-0.2, -0.15) is 0 Å². The van der Waals surface area contributed by atoms with Gasteiger partial charge in [0.25, 0.3) is 0 Å². The highest BCUT2D eigenvalue weighted by molar-refractivity contribution is 6.33. The van der Waals surface area contributed by atoms with Crippen LogP contribution >= 0.6 is 11.6 Å². The van der Waals surface area contributed by atoms with Crippen LogP contribution in [0.2, 0.25) is 5.02 Å². The van der Waals surface area contributed by atoms with E-state index in [1.807, 2.05) is 13.0 Å². The molecular formula is C9H9ClN2O. The van der Waals surface area contributed by atoms with Crippen LogP contribution in [0.4, 0.5) is 5.82 Å². The molecule has 1 fully saturated rings. The first kappa shape index (κ1) is 8.51. The Morgan fingerprint density at radius 2 is 2.38 bits per heavy atom. The van der Waals surface area contributed by atoms with E-state index in [0.717, 1.165) is 12.1 Å². The molecular weight excluding hydrogens is 188 g/mol. The zero-order valence-electron chi connectivity index (χ0n) is 7.25. The molecule has 0 spiro atoms. The maximum atomic E-state index is 11.1. The third-order valence-electron chi connectivity index (χ3n) is 2.06. The summed E-state index contributed by atoms with van der Waals surface area (Å²) in [5.74, 6) is 0.682. The van der Waals surface area contributed by atoms with Gasteiger partial charge in [0.2, 0.25) is 5.91 Å². The van der Waals surface area contributed by atoms with Crippen LogP contribution in [0.15, 0.2) is 12.3 Å². The summed E-state index contributed by atoms with van der Waals surface area (Å²) in [6, 6.07) is 1.81. The first-order valence-electron chi connectivity index (χ1n) is 4.11. The van der Waals surface area contributed by atoms with E-state index in [4.69, 9.17) is 11.6 Å². The molecule has 0 saturated carbocycles. The zero-order valence-corrected chi connectivity index (χ0v) is 8.01. The molecule has 13 heavy (non-hydrogen) atoms. The molecule has 1 amide bonds. The van der Waals surface area contributed by atoms with Gasteiger partial charge in [0.15, 0.2) is 5.82 Å². The number of nitrogens with zero attached hydrogens (tertiary/aromatic N) is 2. The fourth-order valence-corrected chi connectivity index (χ4v) is 1.59. The standard InChI is InChI=1S/C9H9ClN2O/c1-6-4-7(10)9(11-5-6)12-3-2-8(12)13/h4-5H,2-3H2,1H3. The quantitative estimate of drug-likeness (QED) is 0.642. The molecule has 2 heterocycles. The van der Waals surface area contributed by atoms with Gasteiger partial charge in [0.1, 0.15) is 0 Å². The van der Waals surface area contributed by atoms with Crippen LogP contribution in [-0.4, -0.2) is 17.4 Å². The summed E-state index contributed by atoms with van der Waals surface area (Å²) in [6.07, 6.45) is 2.32. The summed E-state index contributed by atoms with van der Waals surface area (Å²) in [5, 5.41) is 0.549. The number of aryl methyl sites for hydroxylation is 1. The molecule has 1 aliphatic rings. The molecule has 0 radical (unpaired) electrons. The summed E-state index contributed by atoms with van der Waals surface area (Å²) in [5.41, 5.74) is 1.00. The number of pyridine rings is 1. The second-order valence-corrected chi connectivity index (χ2v) is 3.52. The van der Waals surface area contributed by atoms with Gasteiger partial charge in [0, 0.05) is 19.2 Å². The molecule has 4 heteroatoms. The molecule has 68 valence electrons. The lowest BCUT2D eigenvalue weighted by Crippen LogP contribution is -2.44. The lowest BCUT2D eigenvalue weighted by atomic mass is 10.2. The van der Waals surface area contributed by atoms with Crippen molar-refractivity contribution in [3.05, 3.63) is 22.8 Å². The van der Waals surface area contributed by atoms with Crippen LogP contribution in [0, 0.1) is 6.92 Å². The Morgan fingerprint density at radius 1 is 1.62 bits per heavy atom. The Labute approximate surface area is 81.3 Å². The maximum Gasteiger partial charge on any atom is 0.229 e. The lowest BCUT2D eigenvalue weighted by Gasteiger charge is -2.30. The van der Waals surface area contributed by atoms with Crippen molar-refractivity contribution in [2.24, 2.45) is 0 Å². The number of rotatable bonds is 1. The Balaban J connectivity index is 2.35. The summed E-state index contributed by atoms with van der Waals surface area (Å²) < 4.78 is 0. The molecule has 0 unspecified atom stereocenters. The van der Waals surface area contributed by atoms with Gasteiger partial charge in [-0.05, 0) is 18.6 Å². The van der Waals surface area contributed by atoms with Gasteiger partial charge in [-0.25, -0.2) is 4.98 Å². The van der Waals surface area contributed by atoms with Crippen LogP contribution in [0.5, 0.6) is 0 Å². The van der Waals surface area contributed by atoms with Crippen LogP contribution in [0.1, 0.15) is 12.0 Å². The molecule has 0 bridgehead atoms. The molecule has 0 aromatic carbocycles. The molecule has 1 aromatic heterocycles. The average molecular weight is 197 g/mol. The van der Waals surface area contributed by atoms with Crippen molar-refractivity contribution in [3.8, 4) is 0 Å². The third-order valence-corrected chi connectivity index (χ3v) is 2.34. The minimum atomic E-state index is 0.0956. The molecule has 1 saturated heterocycles. The highest BCUT2D eigenvalue weighted by Gasteiger charge is 2.27. The van der Waals surface area contributed by atoms with Gasteiger partial charge in [-0.15, -0.1) is 0 Å². The second kappa shape index (κ2) is 3.00. The number of hydrogen-bond donors (Lipinski definition) is 0. The van der Waals surface area contributed by atoms with E-state index in [1.54, 1.807) is 11.1 Å². The molecule has 1 aromatic rings. The second-order valence-electron chi connectivity index (χ2n) is 3.11. The van der Waals surface area contributed by atoms with Crippen LogP contribution in [-0.2, 0) is 4.79 Å². The van der Waals surface area contributed by atoms with Crippen molar-refractivity contribution < 1.29 is 4.79 Å². The summed E-state index contributed by atoms with van der Waals surface area (Å²) in [6.45, 7) is 2.65. The number of anilines is 1. The molecule has 0 atom stereocenters. The number of hydrogen-bond acceptors (Lipinski definition) is 2. The fourth-order valence-electron chi connectivity index (χ4n) is 1.26. The monoisotopic (exact) mass is 196 g/mol. The highest BCUT2D eigenvalue weighted by atomic mass is 35.5. The third kappa shape index (κ3) is 1.40. The first-order chi connectivity index (χ1) is 6.18. The van der Waals surface area contributed by atoms with Gasteiger partial charge in [-0.1, -0.05) is 11.6 Å². The van der Waals surface area contributed by atoms with Crippen molar-refractivity contribution in [1.29, 1.82) is 0 Å². The van der Waals surface area contributed by atoms with Crippen molar-refractivity contribution in [1.82, 2.24) is 4.98 Å². The predicted molar refractivity (Wildman–Crippen MR) is 51.0 cm³/mol. The van der Waals surface area contributed by atoms with E-state index >= 15 is 0 Å². The zero-order chi connectivity index (χ0) is 9.42. The Morgan fingerprint density at radius 3 is 2.85 bits per heavy atom. The van der Waals surface area contributed by atoms with Crippen molar-refractivity contribution in [2.45, 2.75) is 13.3 Å². The number of aromatic nitrogens is 1. The van der Waals surface area contributed by atoms with Gasteiger partial charge in [-0.3, -0.25) is 9.69 Å². The van der Waals surface area contributed by atoms with E-state index < -0.39 is 0 Å². The molecule has 1 aliphatic heterocycles.